The number of hydrogen-bond acceptors (Lipinski definition) is 4. The van der Waals surface area contributed by atoms with Crippen LogP contribution < -0.4 is 0 Å². The third-order valence-corrected chi connectivity index (χ3v) is 6.97. The molecule has 0 amide bonds. The van der Waals surface area contributed by atoms with Crippen molar-refractivity contribution in [2.24, 2.45) is 5.41 Å². The van der Waals surface area contributed by atoms with E-state index in [9.17, 15) is 13.2 Å². The molecule has 6 heteroatoms. The van der Waals surface area contributed by atoms with Crippen molar-refractivity contribution in [3.8, 4) is 0 Å². The maximum atomic E-state index is 12.4. The van der Waals surface area contributed by atoms with Gasteiger partial charge in [-0.1, -0.05) is 45.4 Å². The van der Waals surface area contributed by atoms with Gasteiger partial charge in [-0.25, -0.2) is 0 Å². The van der Waals surface area contributed by atoms with Gasteiger partial charge in [0.25, 0.3) is 0 Å². The van der Waals surface area contributed by atoms with Gasteiger partial charge in [0.2, 0.25) is 5.75 Å². The highest BCUT2D eigenvalue weighted by Gasteiger charge is 2.36. The average Bonchev–Trinajstić information content (AvgIpc) is 2.36. The van der Waals surface area contributed by atoms with Crippen LogP contribution in [0.1, 0.15) is 39.7 Å². The Labute approximate surface area is 136 Å². The first kappa shape index (κ1) is 19.2. The molecule has 0 spiro atoms. The highest BCUT2D eigenvalue weighted by Crippen LogP contribution is 2.23. The van der Waals surface area contributed by atoms with Gasteiger partial charge in [-0.15, -0.1) is 0 Å². The maximum Gasteiger partial charge on any atom is 0.339 e. The number of hydrogen-bond donors (Lipinski definition) is 0. The zero-order valence-corrected chi connectivity index (χ0v) is 15.5. The van der Waals surface area contributed by atoms with Crippen molar-refractivity contribution >= 4 is 27.1 Å². The van der Waals surface area contributed by atoms with Crippen molar-refractivity contribution in [1.82, 2.24) is 0 Å². The molecular formula is C16H25O4S2+. The van der Waals surface area contributed by atoms with Gasteiger partial charge < -0.3 is 0 Å². The molecule has 1 rings (SSSR count). The lowest BCUT2D eigenvalue weighted by Gasteiger charge is -2.16. The Bertz CT molecular complexity index is 598. The second kappa shape index (κ2) is 7.62. The second-order valence-electron chi connectivity index (χ2n) is 6.52. The van der Waals surface area contributed by atoms with Crippen LogP contribution in [0.25, 0.3) is 0 Å². The van der Waals surface area contributed by atoms with Gasteiger partial charge >= 0.3 is 10.1 Å². The largest absolute Gasteiger partial charge is 0.339 e. The highest BCUT2D eigenvalue weighted by atomic mass is 32.3. The molecule has 0 heterocycles. The molecule has 0 saturated heterocycles. The molecule has 0 radical (unpaired) electrons. The van der Waals surface area contributed by atoms with Crippen LogP contribution in [0, 0.1) is 12.3 Å². The number of carbonyl (C=O) groups excluding carboxylic acids is 1. The van der Waals surface area contributed by atoms with Gasteiger partial charge in [0.1, 0.15) is 5.75 Å². The van der Waals surface area contributed by atoms with Crippen LogP contribution in [0.5, 0.6) is 0 Å². The van der Waals surface area contributed by atoms with Crippen LogP contribution in [-0.2, 0) is 29.7 Å². The Morgan fingerprint density at radius 3 is 2.18 bits per heavy atom. The third kappa shape index (κ3) is 6.50. The SMILES string of the molecule is CCC(=O)C[S+](CC(C)(C)C)OS(=O)(=O)c1ccc(C)cc1. The molecule has 0 aliphatic carbocycles. The lowest BCUT2D eigenvalue weighted by molar-refractivity contribution is -0.116. The van der Waals surface area contributed by atoms with E-state index in [2.05, 4.69) is 0 Å². The van der Waals surface area contributed by atoms with E-state index in [4.69, 9.17) is 3.63 Å². The summed E-state index contributed by atoms with van der Waals surface area (Å²) in [6.45, 7) is 9.68. The fourth-order valence-electron chi connectivity index (χ4n) is 1.73. The Balaban J connectivity index is 2.95. The molecule has 0 N–H and O–H groups in total. The van der Waals surface area contributed by atoms with Crippen molar-refractivity contribution in [2.45, 2.75) is 45.9 Å². The van der Waals surface area contributed by atoms with E-state index in [1.165, 1.54) is 12.1 Å². The van der Waals surface area contributed by atoms with E-state index < -0.39 is 21.3 Å². The molecule has 0 saturated carbocycles. The molecule has 4 nitrogen and oxygen atoms in total. The van der Waals surface area contributed by atoms with Crippen molar-refractivity contribution in [2.75, 3.05) is 11.5 Å². The maximum absolute atomic E-state index is 12.4. The number of ketones is 1. The minimum atomic E-state index is -3.84. The fraction of sp³-hybridized carbons (Fsp3) is 0.562. The minimum absolute atomic E-state index is 0.0201. The molecule has 1 aromatic carbocycles. The van der Waals surface area contributed by atoms with Gasteiger partial charge in [0, 0.05) is 11.8 Å². The molecular weight excluding hydrogens is 320 g/mol. The van der Waals surface area contributed by atoms with Crippen LogP contribution >= 0.6 is 0 Å². The Morgan fingerprint density at radius 1 is 1.18 bits per heavy atom. The fourth-order valence-corrected chi connectivity index (χ4v) is 5.55. The zero-order valence-electron chi connectivity index (χ0n) is 13.9. The van der Waals surface area contributed by atoms with E-state index in [1.807, 2.05) is 27.7 Å². The molecule has 0 aliphatic rings. The van der Waals surface area contributed by atoms with Gasteiger partial charge in [-0.3, -0.25) is 4.79 Å². The predicted octanol–water partition coefficient (Wildman–Crippen LogP) is 3.26. The number of aryl methyl sites for hydroxylation is 1. The lowest BCUT2D eigenvalue weighted by atomic mass is 10.0. The molecule has 0 aliphatic heterocycles. The van der Waals surface area contributed by atoms with Gasteiger partial charge in [-0.05, 0) is 22.7 Å². The van der Waals surface area contributed by atoms with Crippen LogP contribution in [0.15, 0.2) is 29.2 Å². The van der Waals surface area contributed by atoms with Gasteiger partial charge in [0.05, 0.1) is 4.90 Å². The van der Waals surface area contributed by atoms with Crippen molar-refractivity contribution in [3.63, 3.8) is 0 Å². The van der Waals surface area contributed by atoms with Crippen molar-refractivity contribution in [1.29, 1.82) is 0 Å². The molecule has 0 aromatic heterocycles. The number of rotatable bonds is 7. The number of benzene rings is 1. The summed E-state index contributed by atoms with van der Waals surface area (Å²) in [5.41, 5.74) is 0.869. The number of Topliss-reactive ketones (excluding diaryl/α,β-unsaturated/α-hetero) is 1. The van der Waals surface area contributed by atoms with Crippen molar-refractivity contribution in [3.05, 3.63) is 29.8 Å². The summed E-state index contributed by atoms with van der Waals surface area (Å²) in [7, 11) is -3.84. The van der Waals surface area contributed by atoms with E-state index in [-0.39, 0.29) is 21.8 Å². The van der Waals surface area contributed by atoms with Crippen LogP contribution in [-0.4, -0.2) is 25.7 Å². The van der Waals surface area contributed by atoms with Gasteiger partial charge in [0.15, 0.2) is 17.0 Å². The highest BCUT2D eigenvalue weighted by molar-refractivity contribution is 8.03. The monoisotopic (exact) mass is 345 g/mol. The standard InChI is InChI=1S/C16H25O4S2/c1-6-14(17)11-21(12-16(3,4)5)20-22(18,19)15-9-7-13(2)8-10-15/h7-10H,6,11-12H2,1-5H3/q+1. The van der Waals surface area contributed by atoms with Crippen LogP contribution in [0.3, 0.4) is 0 Å². The van der Waals surface area contributed by atoms with Gasteiger partial charge in [-0.2, -0.15) is 8.42 Å². The normalized spacial score (nSPS) is 13.9. The van der Waals surface area contributed by atoms with Crippen molar-refractivity contribution < 1.29 is 16.8 Å². The summed E-state index contributed by atoms with van der Waals surface area (Å²) in [5, 5.41) is 0. The second-order valence-corrected chi connectivity index (χ2v) is 9.90. The predicted molar refractivity (Wildman–Crippen MR) is 91.3 cm³/mol. The smallest absolute Gasteiger partial charge is 0.294 e. The lowest BCUT2D eigenvalue weighted by Crippen LogP contribution is -2.30. The summed E-state index contributed by atoms with van der Waals surface area (Å²) in [6, 6.07) is 6.53. The third-order valence-electron chi connectivity index (χ3n) is 2.81. The quantitative estimate of drug-likeness (QED) is 0.712. The van der Waals surface area contributed by atoms with E-state index in [0.29, 0.717) is 12.2 Å². The topological polar surface area (TPSA) is 60.4 Å². The zero-order chi connectivity index (χ0) is 17.0. The van der Waals surface area contributed by atoms with Crippen LogP contribution in [0.2, 0.25) is 0 Å². The first-order valence-corrected chi connectivity index (χ1v) is 10.1. The average molecular weight is 346 g/mol. The Morgan fingerprint density at radius 2 is 1.73 bits per heavy atom. The Kier molecular flexibility index (Phi) is 6.65. The van der Waals surface area contributed by atoms with E-state index >= 15 is 0 Å². The molecule has 0 fully saturated rings. The molecule has 0 bridgehead atoms. The first-order valence-electron chi connectivity index (χ1n) is 7.24. The minimum Gasteiger partial charge on any atom is -0.294 e. The molecule has 1 atom stereocenters. The summed E-state index contributed by atoms with van der Waals surface area (Å²) in [4.78, 5) is 11.8. The van der Waals surface area contributed by atoms with E-state index in [0.717, 1.165) is 5.56 Å². The first-order chi connectivity index (χ1) is 10.0. The molecule has 124 valence electrons. The molecule has 22 heavy (non-hydrogen) atoms. The Hall–Kier alpha value is -0.850. The summed E-state index contributed by atoms with van der Waals surface area (Å²) >= 11 is -0.937. The molecule has 1 aromatic rings. The summed E-state index contributed by atoms with van der Waals surface area (Å²) < 4.78 is 30.2. The van der Waals surface area contributed by atoms with Crippen LogP contribution in [0.4, 0.5) is 0 Å². The summed E-state index contributed by atoms with van der Waals surface area (Å²) in [5.74, 6) is 0.703. The molecule has 1 unspecified atom stereocenters. The number of carbonyl (C=O) groups is 1. The summed E-state index contributed by atoms with van der Waals surface area (Å²) in [6.07, 6.45) is 0.390. The van der Waals surface area contributed by atoms with E-state index in [1.54, 1.807) is 19.1 Å².